The predicted molar refractivity (Wildman–Crippen MR) is 53.6 cm³/mol. The molecule has 8 heteroatoms. The van der Waals surface area contributed by atoms with Gasteiger partial charge in [0.05, 0.1) is 6.26 Å². The van der Waals surface area contributed by atoms with Crippen LogP contribution in [0.1, 0.15) is 13.3 Å². The smallest absolute Gasteiger partial charge is 0.382 e. The van der Waals surface area contributed by atoms with E-state index < -0.39 is 22.7 Å². The second kappa shape index (κ2) is 6.41. The monoisotopic (exact) mass is 263 g/mol. The van der Waals surface area contributed by atoms with E-state index in [4.69, 9.17) is 4.74 Å². The van der Waals surface area contributed by atoms with Crippen LogP contribution in [0.2, 0.25) is 0 Å². The topological polar surface area (TPSA) is 46.6 Å². The fourth-order valence-corrected chi connectivity index (χ4v) is 1.89. The van der Waals surface area contributed by atoms with Gasteiger partial charge in [0.2, 0.25) is 10.0 Å². The quantitative estimate of drug-likeness (QED) is 0.649. The molecule has 98 valence electrons. The Balaban J connectivity index is 4.25. The lowest BCUT2D eigenvalue weighted by Gasteiger charge is -2.21. The molecule has 0 amide bonds. The predicted octanol–water partition coefficient (Wildman–Crippen LogP) is 1.24. The second-order valence-corrected chi connectivity index (χ2v) is 5.24. The number of hydrogen-bond donors (Lipinski definition) is 0. The molecule has 0 saturated carbocycles. The molecule has 0 atom stereocenters. The molecule has 0 aromatic heterocycles. The molecule has 4 nitrogen and oxygen atoms in total. The molecular formula is C8H16F3NO3S. The van der Waals surface area contributed by atoms with Gasteiger partial charge in [-0.2, -0.15) is 17.5 Å². The maximum atomic E-state index is 12.1. The molecule has 0 bridgehead atoms. The van der Waals surface area contributed by atoms with Crippen molar-refractivity contribution in [1.82, 2.24) is 4.31 Å². The average Bonchev–Trinajstić information content (AvgIpc) is 2.06. The number of alkyl halides is 3. The fraction of sp³-hybridized carbons (Fsp3) is 1.00. The van der Waals surface area contributed by atoms with E-state index in [9.17, 15) is 21.6 Å². The van der Waals surface area contributed by atoms with Crippen molar-refractivity contribution >= 4 is 10.0 Å². The lowest BCUT2D eigenvalue weighted by molar-refractivity contribution is -0.136. The van der Waals surface area contributed by atoms with Crippen molar-refractivity contribution in [2.75, 3.05) is 32.6 Å². The van der Waals surface area contributed by atoms with Gasteiger partial charge in [-0.15, -0.1) is 0 Å². The minimum absolute atomic E-state index is 0.182. The summed E-state index contributed by atoms with van der Waals surface area (Å²) < 4.78 is 63.7. The first kappa shape index (κ1) is 15.7. The Morgan fingerprint density at radius 2 is 1.88 bits per heavy atom. The van der Waals surface area contributed by atoms with Gasteiger partial charge >= 0.3 is 6.18 Å². The molecular weight excluding hydrogens is 247 g/mol. The largest absolute Gasteiger partial charge is 0.402 e. The van der Waals surface area contributed by atoms with Gasteiger partial charge in [0, 0.05) is 19.8 Å². The van der Waals surface area contributed by atoms with Crippen molar-refractivity contribution in [2.24, 2.45) is 0 Å². The summed E-state index contributed by atoms with van der Waals surface area (Å²) in [6, 6.07) is 0. The van der Waals surface area contributed by atoms with E-state index in [0.29, 0.717) is 10.9 Å². The van der Waals surface area contributed by atoms with Crippen LogP contribution >= 0.6 is 0 Å². The first-order valence-electron chi connectivity index (χ1n) is 4.76. The zero-order chi connectivity index (χ0) is 12.8. The molecule has 0 N–H and O–H groups in total. The maximum Gasteiger partial charge on any atom is 0.402 e. The summed E-state index contributed by atoms with van der Waals surface area (Å²) in [6.45, 7) is 0.832. The van der Waals surface area contributed by atoms with E-state index in [1.807, 2.05) is 0 Å². The Bertz CT molecular complexity index is 289. The van der Waals surface area contributed by atoms with E-state index in [1.165, 1.54) is 0 Å². The van der Waals surface area contributed by atoms with Crippen molar-refractivity contribution in [3.05, 3.63) is 0 Å². The molecule has 0 saturated heterocycles. The standard InChI is InChI=1S/C8H16F3NO3S/c1-3-15-6-4-5-12(16(2,13)14)7-8(9,10)11/h3-7H2,1-2H3. The Labute approximate surface area is 93.4 Å². The van der Waals surface area contributed by atoms with Gasteiger partial charge in [-0.3, -0.25) is 0 Å². The van der Waals surface area contributed by atoms with Crippen LogP contribution in [-0.2, 0) is 14.8 Å². The van der Waals surface area contributed by atoms with Gasteiger partial charge in [-0.05, 0) is 13.3 Å². The Hall–Kier alpha value is -0.340. The van der Waals surface area contributed by atoms with E-state index in [0.717, 1.165) is 6.26 Å². The molecule has 16 heavy (non-hydrogen) atoms. The number of ether oxygens (including phenoxy) is 1. The normalized spacial score (nSPS) is 13.4. The van der Waals surface area contributed by atoms with Crippen LogP contribution < -0.4 is 0 Å². The van der Waals surface area contributed by atoms with Crippen LogP contribution in [0.3, 0.4) is 0 Å². The lowest BCUT2D eigenvalue weighted by Crippen LogP contribution is -2.39. The van der Waals surface area contributed by atoms with Crippen molar-refractivity contribution in [2.45, 2.75) is 19.5 Å². The minimum Gasteiger partial charge on any atom is -0.382 e. The summed E-state index contributed by atoms with van der Waals surface area (Å²) in [5, 5.41) is 0. The fourth-order valence-electron chi connectivity index (χ4n) is 1.05. The zero-order valence-corrected chi connectivity index (χ0v) is 10.1. The summed E-state index contributed by atoms with van der Waals surface area (Å²) in [4.78, 5) is 0. The van der Waals surface area contributed by atoms with Gasteiger partial charge in [-0.1, -0.05) is 0 Å². The molecule has 0 unspecified atom stereocenters. The number of halogens is 3. The molecule has 0 fully saturated rings. The molecule has 0 heterocycles. The highest BCUT2D eigenvalue weighted by Crippen LogP contribution is 2.18. The first-order valence-corrected chi connectivity index (χ1v) is 6.61. The van der Waals surface area contributed by atoms with Gasteiger partial charge in [0.15, 0.2) is 0 Å². The third-order valence-corrected chi connectivity index (χ3v) is 2.97. The molecule has 0 aliphatic heterocycles. The van der Waals surface area contributed by atoms with Crippen molar-refractivity contribution in [1.29, 1.82) is 0 Å². The summed E-state index contributed by atoms with van der Waals surface area (Å²) in [5.74, 6) is 0. The Morgan fingerprint density at radius 3 is 2.25 bits per heavy atom. The van der Waals surface area contributed by atoms with Crippen LogP contribution in [0, 0.1) is 0 Å². The average molecular weight is 263 g/mol. The van der Waals surface area contributed by atoms with Crippen molar-refractivity contribution < 1.29 is 26.3 Å². The zero-order valence-electron chi connectivity index (χ0n) is 9.25. The molecule has 0 aliphatic carbocycles. The van der Waals surface area contributed by atoms with Crippen LogP contribution in [0.4, 0.5) is 13.2 Å². The molecule has 0 radical (unpaired) electrons. The Morgan fingerprint density at radius 1 is 1.31 bits per heavy atom. The first-order chi connectivity index (χ1) is 7.17. The lowest BCUT2D eigenvalue weighted by atomic mass is 10.4. The summed E-state index contributed by atoms with van der Waals surface area (Å²) in [6.07, 6.45) is -3.51. The van der Waals surface area contributed by atoms with Crippen LogP contribution in [0.5, 0.6) is 0 Å². The highest BCUT2D eigenvalue weighted by molar-refractivity contribution is 7.88. The molecule has 0 spiro atoms. The van der Waals surface area contributed by atoms with E-state index in [2.05, 4.69) is 0 Å². The Kier molecular flexibility index (Phi) is 6.27. The third kappa shape index (κ3) is 7.89. The van der Waals surface area contributed by atoms with Gasteiger partial charge in [0.25, 0.3) is 0 Å². The van der Waals surface area contributed by atoms with Crippen molar-refractivity contribution in [3.8, 4) is 0 Å². The van der Waals surface area contributed by atoms with Gasteiger partial charge in [-0.25, -0.2) is 8.42 Å². The minimum atomic E-state index is -4.52. The van der Waals surface area contributed by atoms with Gasteiger partial charge in [0.1, 0.15) is 6.54 Å². The second-order valence-electron chi connectivity index (χ2n) is 3.26. The SMILES string of the molecule is CCOCCCN(CC(F)(F)F)S(C)(=O)=O. The third-order valence-electron chi connectivity index (χ3n) is 1.72. The highest BCUT2D eigenvalue weighted by atomic mass is 32.2. The number of sulfonamides is 1. The number of nitrogens with zero attached hydrogens (tertiary/aromatic N) is 1. The highest BCUT2D eigenvalue weighted by Gasteiger charge is 2.34. The van der Waals surface area contributed by atoms with E-state index >= 15 is 0 Å². The molecule has 0 aromatic rings. The van der Waals surface area contributed by atoms with E-state index in [-0.39, 0.29) is 19.6 Å². The van der Waals surface area contributed by atoms with Crippen LogP contribution in [0.15, 0.2) is 0 Å². The van der Waals surface area contributed by atoms with Gasteiger partial charge < -0.3 is 4.74 Å². The number of rotatable bonds is 7. The van der Waals surface area contributed by atoms with Crippen LogP contribution in [-0.4, -0.2) is 51.5 Å². The maximum absolute atomic E-state index is 12.1. The summed E-state index contributed by atoms with van der Waals surface area (Å²) >= 11 is 0. The molecule has 0 rings (SSSR count). The summed E-state index contributed by atoms with van der Waals surface area (Å²) in [5.41, 5.74) is 0. The molecule has 0 aliphatic rings. The summed E-state index contributed by atoms with van der Waals surface area (Å²) in [7, 11) is -3.83. The molecule has 0 aromatic carbocycles. The number of hydrogen-bond acceptors (Lipinski definition) is 3. The van der Waals surface area contributed by atoms with Crippen LogP contribution in [0.25, 0.3) is 0 Å². The van der Waals surface area contributed by atoms with Crippen molar-refractivity contribution in [3.63, 3.8) is 0 Å². The van der Waals surface area contributed by atoms with E-state index in [1.54, 1.807) is 6.92 Å².